The average molecular weight is 171 g/mol. The molecule has 1 aliphatic heterocycles. The van der Waals surface area contributed by atoms with Crippen LogP contribution in [-0.2, 0) is 9.53 Å². The van der Waals surface area contributed by atoms with E-state index in [0.717, 1.165) is 19.3 Å². The Morgan fingerprint density at radius 1 is 1.50 bits per heavy atom. The van der Waals surface area contributed by atoms with Gasteiger partial charge in [0.15, 0.2) is 0 Å². The fraction of sp³-hybridized carbons (Fsp3) is 0.889. The van der Waals surface area contributed by atoms with Gasteiger partial charge in [-0.05, 0) is 33.7 Å². The molecule has 1 aliphatic rings. The Kier molecular flexibility index (Phi) is 2.85. The van der Waals surface area contributed by atoms with Crippen LogP contribution in [0.4, 0.5) is 0 Å². The summed E-state index contributed by atoms with van der Waals surface area (Å²) in [5, 5.41) is 3.09. The highest BCUT2D eigenvalue weighted by atomic mass is 16.5. The number of ether oxygens (including phenoxy) is 1. The number of hydrogen-bond donors (Lipinski definition) is 1. The van der Waals surface area contributed by atoms with Crippen LogP contribution in [-0.4, -0.2) is 30.6 Å². The Bertz CT molecular complexity index is 162. The van der Waals surface area contributed by atoms with Crippen molar-refractivity contribution in [2.75, 3.05) is 6.54 Å². The van der Waals surface area contributed by atoms with Gasteiger partial charge in [-0.3, -0.25) is 0 Å². The van der Waals surface area contributed by atoms with E-state index in [0.29, 0.717) is 0 Å². The minimum atomic E-state index is -0.155. The number of carbonyl (C=O) groups excluding carboxylic acids is 1. The van der Waals surface area contributed by atoms with E-state index < -0.39 is 0 Å². The monoisotopic (exact) mass is 171 g/mol. The summed E-state index contributed by atoms with van der Waals surface area (Å²) in [6.07, 6.45) is 1.92. The van der Waals surface area contributed by atoms with Crippen molar-refractivity contribution < 1.29 is 9.53 Å². The Balaban J connectivity index is 2.46. The molecule has 0 spiro atoms. The molecule has 1 N–H and O–H groups in total. The summed E-state index contributed by atoms with van der Waals surface area (Å²) >= 11 is 0. The maximum Gasteiger partial charge on any atom is 0.139 e. The van der Waals surface area contributed by atoms with E-state index in [1.165, 1.54) is 0 Å². The van der Waals surface area contributed by atoms with Gasteiger partial charge < -0.3 is 14.8 Å². The largest absolute Gasteiger partial charge is 0.370 e. The lowest BCUT2D eigenvalue weighted by Gasteiger charge is -2.26. The summed E-state index contributed by atoms with van der Waals surface area (Å²) in [5.74, 6) is 0. The topological polar surface area (TPSA) is 38.3 Å². The summed E-state index contributed by atoms with van der Waals surface area (Å²) in [7, 11) is 0. The van der Waals surface area contributed by atoms with Gasteiger partial charge in [-0.25, -0.2) is 0 Å². The number of hydrogen-bond acceptors (Lipinski definition) is 3. The Morgan fingerprint density at radius 2 is 2.17 bits per heavy atom. The number of aldehydes is 1. The molecular formula is C9H17NO2. The number of rotatable bonds is 2. The molecule has 0 radical (unpaired) electrons. The first-order valence-electron chi connectivity index (χ1n) is 4.39. The van der Waals surface area contributed by atoms with E-state index >= 15 is 0 Å². The van der Waals surface area contributed by atoms with Crippen molar-refractivity contribution in [3.05, 3.63) is 0 Å². The first-order chi connectivity index (χ1) is 5.53. The predicted octanol–water partition coefficient (Wildman–Crippen LogP) is 0.731. The molecule has 0 aliphatic carbocycles. The molecule has 12 heavy (non-hydrogen) atoms. The molecule has 2 atom stereocenters. The minimum Gasteiger partial charge on any atom is -0.370 e. The molecular weight excluding hydrogens is 154 g/mol. The van der Waals surface area contributed by atoms with Crippen LogP contribution in [0.5, 0.6) is 0 Å². The highest BCUT2D eigenvalue weighted by molar-refractivity contribution is 5.59. The molecule has 70 valence electrons. The fourth-order valence-corrected chi connectivity index (χ4v) is 1.43. The first kappa shape index (κ1) is 9.68. The molecule has 3 heteroatoms. The molecule has 0 amide bonds. The molecule has 0 aromatic heterocycles. The second-order valence-electron chi connectivity index (χ2n) is 4.17. The third-order valence-corrected chi connectivity index (χ3v) is 1.86. The van der Waals surface area contributed by atoms with Crippen LogP contribution in [0.1, 0.15) is 27.2 Å². The van der Waals surface area contributed by atoms with Gasteiger partial charge in [0.25, 0.3) is 0 Å². The molecule has 0 saturated carbocycles. The zero-order chi connectivity index (χ0) is 9.19. The maximum atomic E-state index is 10.6. The fourth-order valence-electron chi connectivity index (χ4n) is 1.43. The van der Waals surface area contributed by atoms with Crippen LogP contribution in [0.25, 0.3) is 0 Å². The summed E-state index contributed by atoms with van der Waals surface area (Å²) in [4.78, 5) is 10.6. The van der Waals surface area contributed by atoms with Crippen molar-refractivity contribution in [2.45, 2.75) is 44.9 Å². The van der Waals surface area contributed by atoms with Crippen LogP contribution in [0, 0.1) is 0 Å². The molecule has 0 aromatic rings. The van der Waals surface area contributed by atoms with Crippen LogP contribution < -0.4 is 5.32 Å². The molecule has 0 bridgehead atoms. The second-order valence-corrected chi connectivity index (χ2v) is 4.17. The molecule has 1 fully saturated rings. The molecule has 1 saturated heterocycles. The Hall–Kier alpha value is -0.410. The summed E-state index contributed by atoms with van der Waals surface area (Å²) in [6.45, 7) is 6.90. The van der Waals surface area contributed by atoms with Gasteiger partial charge in [-0.1, -0.05) is 0 Å². The zero-order valence-electron chi connectivity index (χ0n) is 7.96. The van der Waals surface area contributed by atoms with E-state index in [2.05, 4.69) is 5.32 Å². The normalized spacial score (nSPS) is 30.6. The van der Waals surface area contributed by atoms with Gasteiger partial charge >= 0.3 is 0 Å². The van der Waals surface area contributed by atoms with Crippen molar-refractivity contribution in [1.82, 2.24) is 5.32 Å². The minimum absolute atomic E-state index is 0.0579. The third kappa shape index (κ3) is 2.57. The summed E-state index contributed by atoms with van der Waals surface area (Å²) in [5.41, 5.74) is -0.155. The van der Waals surface area contributed by atoms with Gasteiger partial charge in [-0.2, -0.15) is 0 Å². The SMILES string of the molecule is CC(C)(C)OC1CCN[C@H]1C=O. The number of carbonyl (C=O) groups is 1. The van der Waals surface area contributed by atoms with Crippen LogP contribution >= 0.6 is 0 Å². The smallest absolute Gasteiger partial charge is 0.139 e. The highest BCUT2D eigenvalue weighted by Gasteiger charge is 2.30. The van der Waals surface area contributed by atoms with Crippen LogP contribution in [0.2, 0.25) is 0 Å². The Morgan fingerprint density at radius 3 is 2.67 bits per heavy atom. The van der Waals surface area contributed by atoms with Crippen LogP contribution in [0.3, 0.4) is 0 Å². The number of nitrogens with one attached hydrogen (secondary N) is 1. The van der Waals surface area contributed by atoms with Gasteiger partial charge in [0, 0.05) is 0 Å². The van der Waals surface area contributed by atoms with Crippen molar-refractivity contribution in [3.8, 4) is 0 Å². The first-order valence-corrected chi connectivity index (χ1v) is 4.39. The summed E-state index contributed by atoms with van der Waals surface area (Å²) in [6, 6.07) is -0.107. The Labute approximate surface area is 73.5 Å². The van der Waals surface area contributed by atoms with Gasteiger partial charge in [-0.15, -0.1) is 0 Å². The van der Waals surface area contributed by atoms with Crippen molar-refractivity contribution >= 4 is 6.29 Å². The maximum absolute atomic E-state index is 10.6. The summed E-state index contributed by atoms with van der Waals surface area (Å²) < 4.78 is 5.71. The van der Waals surface area contributed by atoms with Gasteiger partial charge in [0.1, 0.15) is 6.29 Å². The molecule has 1 rings (SSSR count). The third-order valence-electron chi connectivity index (χ3n) is 1.86. The van der Waals surface area contributed by atoms with E-state index in [1.807, 2.05) is 20.8 Å². The molecule has 3 nitrogen and oxygen atoms in total. The lowest BCUT2D eigenvalue weighted by atomic mass is 10.1. The lowest BCUT2D eigenvalue weighted by Crippen LogP contribution is -2.38. The standard InChI is InChI=1S/C9H17NO2/c1-9(2,3)12-8-4-5-10-7(8)6-11/h6-8,10H,4-5H2,1-3H3/t7-,8?/m0/s1. The lowest BCUT2D eigenvalue weighted by molar-refractivity contribution is -0.116. The average Bonchev–Trinajstić information content (AvgIpc) is 2.31. The quantitative estimate of drug-likeness (QED) is 0.622. The highest BCUT2D eigenvalue weighted by Crippen LogP contribution is 2.18. The van der Waals surface area contributed by atoms with Crippen LogP contribution in [0.15, 0.2) is 0 Å². The molecule has 1 heterocycles. The van der Waals surface area contributed by atoms with E-state index in [4.69, 9.17) is 4.74 Å². The zero-order valence-corrected chi connectivity index (χ0v) is 7.96. The predicted molar refractivity (Wildman–Crippen MR) is 47.1 cm³/mol. The van der Waals surface area contributed by atoms with E-state index in [-0.39, 0.29) is 17.7 Å². The second kappa shape index (κ2) is 3.54. The molecule has 0 aromatic carbocycles. The van der Waals surface area contributed by atoms with Gasteiger partial charge in [0.05, 0.1) is 17.7 Å². The van der Waals surface area contributed by atoms with E-state index in [9.17, 15) is 4.79 Å². The van der Waals surface area contributed by atoms with Gasteiger partial charge in [0.2, 0.25) is 0 Å². The van der Waals surface area contributed by atoms with Crippen molar-refractivity contribution in [1.29, 1.82) is 0 Å². The van der Waals surface area contributed by atoms with E-state index in [1.54, 1.807) is 0 Å². The van der Waals surface area contributed by atoms with Crippen molar-refractivity contribution in [3.63, 3.8) is 0 Å². The molecule has 1 unspecified atom stereocenters. The van der Waals surface area contributed by atoms with Crippen molar-refractivity contribution in [2.24, 2.45) is 0 Å².